The van der Waals surface area contributed by atoms with Gasteiger partial charge in [-0.1, -0.05) is 13.8 Å². The molecule has 3 atom stereocenters. The second kappa shape index (κ2) is 5.92. The highest BCUT2D eigenvalue weighted by Gasteiger charge is 2.39. The summed E-state index contributed by atoms with van der Waals surface area (Å²) in [5.41, 5.74) is 0.379. The summed E-state index contributed by atoms with van der Waals surface area (Å²) >= 11 is 2.14. The third kappa shape index (κ3) is 3.87. The zero-order valence-corrected chi connectivity index (χ0v) is 13.2. The highest BCUT2D eigenvalue weighted by Crippen LogP contribution is 2.33. The molecule has 3 nitrogen and oxygen atoms in total. The fourth-order valence-corrected chi connectivity index (χ4v) is 4.89. The van der Waals surface area contributed by atoms with E-state index in [1.54, 1.807) is 0 Å². The van der Waals surface area contributed by atoms with Crippen LogP contribution in [0.3, 0.4) is 0 Å². The van der Waals surface area contributed by atoms with Gasteiger partial charge in [0, 0.05) is 54.7 Å². The van der Waals surface area contributed by atoms with Crippen molar-refractivity contribution in [1.29, 1.82) is 0 Å². The molecular weight excluding hydrogens is 256 g/mol. The van der Waals surface area contributed by atoms with Gasteiger partial charge in [-0.2, -0.15) is 11.8 Å². The lowest BCUT2D eigenvalue weighted by molar-refractivity contribution is 0.107. The Morgan fingerprint density at radius 1 is 1.26 bits per heavy atom. The maximum Gasteiger partial charge on any atom is 0.0547 e. The van der Waals surface area contributed by atoms with Crippen LogP contribution in [0.1, 0.15) is 33.1 Å². The van der Waals surface area contributed by atoms with Crippen LogP contribution in [0.4, 0.5) is 0 Å². The average molecular weight is 284 g/mol. The van der Waals surface area contributed by atoms with Crippen molar-refractivity contribution in [2.75, 3.05) is 39.4 Å². The van der Waals surface area contributed by atoms with Gasteiger partial charge in [0.2, 0.25) is 0 Å². The van der Waals surface area contributed by atoms with Crippen LogP contribution in [-0.4, -0.2) is 60.8 Å². The van der Waals surface area contributed by atoms with Crippen LogP contribution in [0.2, 0.25) is 0 Å². The Balaban J connectivity index is 1.56. The molecule has 0 amide bonds. The van der Waals surface area contributed by atoms with Crippen LogP contribution in [0.5, 0.6) is 0 Å². The molecule has 2 saturated heterocycles. The van der Waals surface area contributed by atoms with Crippen LogP contribution >= 0.6 is 11.8 Å². The van der Waals surface area contributed by atoms with E-state index in [1.807, 2.05) is 0 Å². The Morgan fingerprint density at radius 2 is 2.00 bits per heavy atom. The molecule has 0 radical (unpaired) electrons. The van der Waals surface area contributed by atoms with Crippen LogP contribution in [0, 0.1) is 5.41 Å². The zero-order chi connectivity index (χ0) is 13.3. The Hall–Kier alpha value is 0.230. The molecule has 0 aromatic heterocycles. The molecule has 2 heterocycles. The van der Waals surface area contributed by atoms with Gasteiger partial charge in [0.15, 0.2) is 0 Å². The first-order valence-electron chi connectivity index (χ1n) is 7.84. The van der Waals surface area contributed by atoms with E-state index < -0.39 is 0 Å². The molecule has 3 unspecified atom stereocenters. The minimum absolute atomic E-state index is 0.379. The second-order valence-electron chi connectivity index (χ2n) is 6.91. The SMILES string of the molecule is CC1CN(CC2(CNC3CC3)CCOC2)CC(C)S1. The van der Waals surface area contributed by atoms with Crippen molar-refractivity contribution in [3.8, 4) is 0 Å². The lowest BCUT2D eigenvalue weighted by atomic mass is 9.86. The summed E-state index contributed by atoms with van der Waals surface area (Å²) in [6.07, 6.45) is 4.00. The first-order valence-corrected chi connectivity index (χ1v) is 8.78. The van der Waals surface area contributed by atoms with E-state index in [-0.39, 0.29) is 0 Å². The van der Waals surface area contributed by atoms with Gasteiger partial charge in [-0.25, -0.2) is 0 Å². The minimum atomic E-state index is 0.379. The average Bonchev–Trinajstić information content (AvgIpc) is 3.06. The van der Waals surface area contributed by atoms with Gasteiger partial charge < -0.3 is 15.0 Å². The summed E-state index contributed by atoms with van der Waals surface area (Å²) in [6.45, 7) is 11.5. The van der Waals surface area contributed by atoms with E-state index in [0.717, 1.165) is 36.3 Å². The normalized spacial score (nSPS) is 40.7. The van der Waals surface area contributed by atoms with Crippen molar-refractivity contribution in [1.82, 2.24) is 10.2 Å². The summed E-state index contributed by atoms with van der Waals surface area (Å²) in [6, 6.07) is 0.812. The number of hydrogen-bond donors (Lipinski definition) is 1. The summed E-state index contributed by atoms with van der Waals surface area (Å²) < 4.78 is 5.74. The Bertz CT molecular complexity index is 293. The topological polar surface area (TPSA) is 24.5 Å². The molecule has 1 aliphatic carbocycles. The molecular formula is C15H28N2OS. The van der Waals surface area contributed by atoms with E-state index in [1.165, 1.54) is 38.9 Å². The molecule has 0 aromatic rings. The van der Waals surface area contributed by atoms with Gasteiger partial charge in [-0.3, -0.25) is 0 Å². The molecule has 0 bridgehead atoms. The molecule has 2 aliphatic heterocycles. The molecule has 3 rings (SSSR count). The molecule has 19 heavy (non-hydrogen) atoms. The highest BCUT2D eigenvalue weighted by molar-refractivity contribution is 8.00. The van der Waals surface area contributed by atoms with Gasteiger partial charge in [0.25, 0.3) is 0 Å². The molecule has 4 heteroatoms. The lowest BCUT2D eigenvalue weighted by Crippen LogP contribution is -2.50. The van der Waals surface area contributed by atoms with E-state index in [2.05, 4.69) is 35.8 Å². The summed E-state index contributed by atoms with van der Waals surface area (Å²) in [4.78, 5) is 2.69. The number of ether oxygens (including phenoxy) is 1. The fourth-order valence-electron chi connectivity index (χ4n) is 3.51. The smallest absolute Gasteiger partial charge is 0.0547 e. The first-order chi connectivity index (χ1) is 9.15. The molecule has 1 saturated carbocycles. The number of thioether (sulfide) groups is 1. The fraction of sp³-hybridized carbons (Fsp3) is 1.00. The van der Waals surface area contributed by atoms with Crippen LogP contribution < -0.4 is 5.32 Å². The van der Waals surface area contributed by atoms with Crippen molar-refractivity contribution in [3.63, 3.8) is 0 Å². The van der Waals surface area contributed by atoms with Crippen molar-refractivity contribution < 1.29 is 4.74 Å². The standard InChI is InChI=1S/C15H28N2OS/c1-12-7-17(8-13(2)19-12)10-15(5-6-18-11-15)9-16-14-3-4-14/h12-14,16H,3-11H2,1-2H3. The number of nitrogens with one attached hydrogen (secondary N) is 1. The number of rotatable bonds is 5. The van der Waals surface area contributed by atoms with Gasteiger partial charge in [0.1, 0.15) is 0 Å². The lowest BCUT2D eigenvalue weighted by Gasteiger charge is -2.40. The third-order valence-corrected chi connectivity index (χ3v) is 5.81. The molecule has 3 aliphatic rings. The summed E-state index contributed by atoms with van der Waals surface area (Å²) in [5.74, 6) is 0. The zero-order valence-electron chi connectivity index (χ0n) is 12.4. The summed E-state index contributed by atoms with van der Waals surface area (Å²) in [5, 5.41) is 5.29. The van der Waals surface area contributed by atoms with Crippen molar-refractivity contribution >= 4 is 11.8 Å². The van der Waals surface area contributed by atoms with E-state index in [9.17, 15) is 0 Å². The highest BCUT2D eigenvalue weighted by atomic mass is 32.2. The largest absolute Gasteiger partial charge is 0.381 e. The van der Waals surface area contributed by atoms with Gasteiger partial charge in [-0.15, -0.1) is 0 Å². The maximum absolute atomic E-state index is 5.74. The van der Waals surface area contributed by atoms with E-state index in [4.69, 9.17) is 4.74 Å². The third-order valence-electron chi connectivity index (χ3n) is 4.58. The van der Waals surface area contributed by atoms with Crippen molar-refractivity contribution in [2.24, 2.45) is 5.41 Å². The van der Waals surface area contributed by atoms with E-state index >= 15 is 0 Å². The monoisotopic (exact) mass is 284 g/mol. The quantitative estimate of drug-likeness (QED) is 0.834. The molecule has 1 N–H and O–H groups in total. The first kappa shape index (κ1) is 14.2. The van der Waals surface area contributed by atoms with Gasteiger partial charge in [-0.05, 0) is 19.3 Å². The van der Waals surface area contributed by atoms with Crippen LogP contribution in [0.15, 0.2) is 0 Å². The molecule has 0 aromatic carbocycles. The Morgan fingerprint density at radius 3 is 2.58 bits per heavy atom. The second-order valence-corrected chi connectivity index (χ2v) is 8.79. The molecule has 110 valence electrons. The summed E-state index contributed by atoms with van der Waals surface area (Å²) in [7, 11) is 0. The Kier molecular flexibility index (Phi) is 4.42. The molecule has 3 fully saturated rings. The maximum atomic E-state index is 5.74. The Labute approximate surface area is 121 Å². The van der Waals surface area contributed by atoms with E-state index in [0.29, 0.717) is 5.41 Å². The number of hydrogen-bond acceptors (Lipinski definition) is 4. The predicted octanol–water partition coefficient (Wildman–Crippen LogP) is 1.97. The van der Waals surface area contributed by atoms with Crippen molar-refractivity contribution in [2.45, 2.75) is 49.7 Å². The van der Waals surface area contributed by atoms with Gasteiger partial charge in [0.05, 0.1) is 6.61 Å². The van der Waals surface area contributed by atoms with Gasteiger partial charge >= 0.3 is 0 Å². The number of nitrogens with zero attached hydrogens (tertiary/aromatic N) is 1. The van der Waals surface area contributed by atoms with Crippen LogP contribution in [-0.2, 0) is 4.74 Å². The molecule has 0 spiro atoms. The van der Waals surface area contributed by atoms with Crippen LogP contribution in [0.25, 0.3) is 0 Å². The minimum Gasteiger partial charge on any atom is -0.381 e. The predicted molar refractivity (Wildman–Crippen MR) is 81.8 cm³/mol. The van der Waals surface area contributed by atoms with Crippen molar-refractivity contribution in [3.05, 3.63) is 0 Å².